The van der Waals surface area contributed by atoms with Crippen molar-refractivity contribution in [1.29, 1.82) is 0 Å². The topological polar surface area (TPSA) is 33.4 Å². The lowest BCUT2D eigenvalue weighted by Crippen LogP contribution is -2.21. The summed E-state index contributed by atoms with van der Waals surface area (Å²) in [6, 6.07) is 19.9. The molecule has 0 aliphatic heterocycles. The average Bonchev–Trinajstić information content (AvgIpc) is 3.03. The maximum absolute atomic E-state index is 10.8. The quantitative estimate of drug-likeness (QED) is 0.769. The molecule has 0 spiro atoms. The van der Waals surface area contributed by atoms with E-state index >= 15 is 0 Å². The maximum atomic E-state index is 10.8. The molecule has 1 N–H and O–H groups in total. The summed E-state index contributed by atoms with van der Waals surface area (Å²) in [5.41, 5.74) is 2.77. The molecule has 0 aliphatic carbocycles. The minimum absolute atomic E-state index is 0.753. The zero-order valence-electron chi connectivity index (χ0n) is 11.3. The van der Waals surface area contributed by atoms with Gasteiger partial charge in [-0.15, -0.1) is 0 Å². The van der Waals surface area contributed by atoms with Crippen molar-refractivity contribution in [2.45, 2.75) is 12.5 Å². The summed E-state index contributed by atoms with van der Waals surface area (Å²) in [6.45, 7) is 1.78. The van der Waals surface area contributed by atoms with Gasteiger partial charge >= 0.3 is 0 Å². The molecule has 1 heterocycles. The Kier molecular flexibility index (Phi) is 3.17. The SMILES string of the molecule is CC(O)(c1ccoc1)c1cccc(-c2ccccc2)c1. The van der Waals surface area contributed by atoms with E-state index in [1.165, 1.54) is 0 Å². The molecule has 0 aliphatic rings. The zero-order chi connectivity index (χ0) is 14.0. The van der Waals surface area contributed by atoms with Gasteiger partial charge in [-0.1, -0.05) is 48.5 Å². The fraction of sp³-hybridized carbons (Fsp3) is 0.111. The number of hydrogen-bond acceptors (Lipinski definition) is 2. The molecule has 3 rings (SSSR count). The fourth-order valence-corrected chi connectivity index (χ4v) is 2.34. The van der Waals surface area contributed by atoms with E-state index < -0.39 is 5.60 Å². The summed E-state index contributed by atoms with van der Waals surface area (Å²) in [7, 11) is 0. The standard InChI is InChI=1S/C18H16O2/c1-18(19,17-10-11-20-13-17)16-9-5-8-15(12-16)14-6-3-2-4-7-14/h2-13,19H,1H3. The van der Waals surface area contributed by atoms with Crippen LogP contribution in [0.25, 0.3) is 11.1 Å². The molecular formula is C18H16O2. The molecule has 2 heteroatoms. The molecular weight excluding hydrogens is 248 g/mol. The van der Waals surface area contributed by atoms with Gasteiger partial charge in [-0.3, -0.25) is 0 Å². The summed E-state index contributed by atoms with van der Waals surface area (Å²) >= 11 is 0. The van der Waals surface area contributed by atoms with Crippen molar-refractivity contribution in [3.63, 3.8) is 0 Å². The highest BCUT2D eigenvalue weighted by Crippen LogP contribution is 2.32. The monoisotopic (exact) mass is 264 g/mol. The van der Waals surface area contributed by atoms with E-state index in [2.05, 4.69) is 12.1 Å². The number of furan rings is 1. The van der Waals surface area contributed by atoms with Crippen molar-refractivity contribution < 1.29 is 9.52 Å². The van der Waals surface area contributed by atoms with Crippen molar-refractivity contribution >= 4 is 0 Å². The number of benzene rings is 2. The Bertz CT molecular complexity index is 682. The lowest BCUT2D eigenvalue weighted by molar-refractivity contribution is 0.102. The Morgan fingerprint density at radius 1 is 0.850 bits per heavy atom. The number of aliphatic hydroxyl groups is 1. The molecule has 20 heavy (non-hydrogen) atoms. The second kappa shape index (κ2) is 4.99. The predicted octanol–water partition coefficient (Wildman–Crippen LogP) is 4.20. The first-order valence-electron chi connectivity index (χ1n) is 6.59. The molecule has 1 unspecified atom stereocenters. The molecule has 100 valence electrons. The van der Waals surface area contributed by atoms with Crippen LogP contribution in [0.1, 0.15) is 18.1 Å². The molecule has 2 nitrogen and oxygen atoms in total. The minimum atomic E-state index is -1.06. The molecule has 0 amide bonds. The van der Waals surface area contributed by atoms with Crippen molar-refractivity contribution in [2.75, 3.05) is 0 Å². The van der Waals surface area contributed by atoms with Crippen LogP contribution < -0.4 is 0 Å². The molecule has 0 radical (unpaired) electrons. The van der Waals surface area contributed by atoms with Crippen LogP contribution in [0.4, 0.5) is 0 Å². The van der Waals surface area contributed by atoms with Gasteiger partial charge < -0.3 is 9.52 Å². The van der Waals surface area contributed by atoms with Crippen LogP contribution >= 0.6 is 0 Å². The third-order valence-electron chi connectivity index (χ3n) is 3.62. The van der Waals surface area contributed by atoms with E-state index in [1.54, 1.807) is 25.5 Å². The van der Waals surface area contributed by atoms with Gasteiger partial charge in [-0.25, -0.2) is 0 Å². The van der Waals surface area contributed by atoms with Gasteiger partial charge in [-0.05, 0) is 35.7 Å². The summed E-state index contributed by atoms with van der Waals surface area (Å²) in [5.74, 6) is 0. The van der Waals surface area contributed by atoms with Crippen LogP contribution in [0.15, 0.2) is 77.6 Å². The number of rotatable bonds is 3. The van der Waals surface area contributed by atoms with Gasteiger partial charge in [-0.2, -0.15) is 0 Å². The van der Waals surface area contributed by atoms with Crippen LogP contribution in [-0.4, -0.2) is 5.11 Å². The van der Waals surface area contributed by atoms with Crippen LogP contribution in [0, 0.1) is 0 Å². The molecule has 3 aromatic rings. The molecule has 0 bridgehead atoms. The van der Waals surface area contributed by atoms with Crippen molar-refractivity contribution in [3.8, 4) is 11.1 Å². The van der Waals surface area contributed by atoms with Gasteiger partial charge in [0.1, 0.15) is 5.60 Å². The zero-order valence-corrected chi connectivity index (χ0v) is 11.3. The smallest absolute Gasteiger partial charge is 0.115 e. The van der Waals surface area contributed by atoms with Crippen LogP contribution in [0.5, 0.6) is 0 Å². The fourth-order valence-electron chi connectivity index (χ4n) is 2.34. The molecule has 0 fully saturated rings. The van der Waals surface area contributed by atoms with Crippen molar-refractivity contribution in [1.82, 2.24) is 0 Å². The second-order valence-electron chi connectivity index (χ2n) is 5.03. The molecule has 1 atom stereocenters. The van der Waals surface area contributed by atoms with Crippen LogP contribution in [0.2, 0.25) is 0 Å². The third-order valence-corrected chi connectivity index (χ3v) is 3.62. The Morgan fingerprint density at radius 2 is 1.60 bits per heavy atom. The highest BCUT2D eigenvalue weighted by molar-refractivity contribution is 5.64. The predicted molar refractivity (Wildman–Crippen MR) is 79.3 cm³/mol. The molecule has 2 aromatic carbocycles. The maximum Gasteiger partial charge on any atom is 0.115 e. The van der Waals surface area contributed by atoms with E-state index in [1.807, 2.05) is 42.5 Å². The normalized spacial score (nSPS) is 13.9. The summed E-state index contributed by atoms with van der Waals surface area (Å²) < 4.78 is 5.08. The van der Waals surface area contributed by atoms with E-state index in [0.717, 1.165) is 22.3 Å². The summed E-state index contributed by atoms with van der Waals surface area (Å²) in [5, 5.41) is 10.8. The van der Waals surface area contributed by atoms with Crippen LogP contribution in [0.3, 0.4) is 0 Å². The van der Waals surface area contributed by atoms with Crippen molar-refractivity contribution in [3.05, 3.63) is 84.3 Å². The first-order valence-corrected chi connectivity index (χ1v) is 6.59. The highest BCUT2D eigenvalue weighted by atomic mass is 16.3. The minimum Gasteiger partial charge on any atom is -0.472 e. The van der Waals surface area contributed by atoms with Crippen LogP contribution in [-0.2, 0) is 5.60 Å². The Balaban J connectivity index is 2.04. The highest BCUT2D eigenvalue weighted by Gasteiger charge is 2.26. The van der Waals surface area contributed by atoms with E-state index in [0.29, 0.717) is 0 Å². The lowest BCUT2D eigenvalue weighted by atomic mass is 9.88. The van der Waals surface area contributed by atoms with Gasteiger partial charge in [0.25, 0.3) is 0 Å². The first-order chi connectivity index (χ1) is 9.68. The van der Waals surface area contributed by atoms with Gasteiger partial charge in [0.05, 0.1) is 12.5 Å². The average molecular weight is 264 g/mol. The number of hydrogen-bond donors (Lipinski definition) is 1. The molecule has 0 saturated carbocycles. The van der Waals surface area contributed by atoms with Gasteiger partial charge in [0.15, 0.2) is 0 Å². The summed E-state index contributed by atoms with van der Waals surface area (Å²) in [6.07, 6.45) is 3.15. The van der Waals surface area contributed by atoms with E-state index in [9.17, 15) is 5.11 Å². The second-order valence-corrected chi connectivity index (χ2v) is 5.03. The van der Waals surface area contributed by atoms with Crippen molar-refractivity contribution in [2.24, 2.45) is 0 Å². The largest absolute Gasteiger partial charge is 0.472 e. The summed E-state index contributed by atoms with van der Waals surface area (Å²) in [4.78, 5) is 0. The molecule has 1 aromatic heterocycles. The first kappa shape index (κ1) is 12.7. The molecule has 0 saturated heterocycles. The van der Waals surface area contributed by atoms with Gasteiger partial charge in [0, 0.05) is 5.56 Å². The lowest BCUT2D eigenvalue weighted by Gasteiger charge is -2.23. The van der Waals surface area contributed by atoms with E-state index in [-0.39, 0.29) is 0 Å². The van der Waals surface area contributed by atoms with Gasteiger partial charge in [0.2, 0.25) is 0 Å². The Hall–Kier alpha value is -2.32. The third kappa shape index (κ3) is 2.26. The van der Waals surface area contributed by atoms with E-state index in [4.69, 9.17) is 4.42 Å². The Labute approximate surface area is 118 Å². The Morgan fingerprint density at radius 3 is 2.30 bits per heavy atom.